The van der Waals surface area contributed by atoms with Gasteiger partial charge in [0.25, 0.3) is 0 Å². The summed E-state index contributed by atoms with van der Waals surface area (Å²) in [6, 6.07) is 7.08. The second-order valence-electron chi connectivity index (χ2n) is 5.17. The molecular formula is C16H15BrFNOS. The molecular weight excluding hydrogens is 353 g/mol. The Kier molecular flexibility index (Phi) is 4.40. The normalized spacial score (nSPS) is 14.1. The highest BCUT2D eigenvalue weighted by Crippen LogP contribution is 2.24. The molecule has 5 heteroatoms. The standard InChI is InChI=1S/C16H15BrFNOS/c17-13-3-1-11(14(18)9-13)2-4-16(20)19-7-5-15-12(10-19)6-8-21-15/h1,3,6,8-9H,2,4-5,7,10H2. The Morgan fingerprint density at radius 2 is 2.24 bits per heavy atom. The van der Waals surface area contributed by atoms with Gasteiger partial charge in [-0.15, -0.1) is 11.3 Å². The molecule has 21 heavy (non-hydrogen) atoms. The average Bonchev–Trinajstić information content (AvgIpc) is 2.93. The topological polar surface area (TPSA) is 20.3 Å². The van der Waals surface area contributed by atoms with E-state index in [-0.39, 0.29) is 11.7 Å². The van der Waals surface area contributed by atoms with Crippen molar-refractivity contribution in [2.24, 2.45) is 0 Å². The van der Waals surface area contributed by atoms with E-state index in [1.807, 2.05) is 4.90 Å². The van der Waals surface area contributed by atoms with E-state index in [1.165, 1.54) is 16.5 Å². The summed E-state index contributed by atoms with van der Waals surface area (Å²) in [5.41, 5.74) is 1.86. The SMILES string of the molecule is O=C(CCc1ccc(Br)cc1F)N1CCc2sccc2C1. The fourth-order valence-electron chi connectivity index (χ4n) is 2.59. The van der Waals surface area contributed by atoms with Gasteiger partial charge in [0.15, 0.2) is 0 Å². The third-order valence-corrected chi connectivity index (χ3v) is 5.30. The quantitative estimate of drug-likeness (QED) is 0.797. The Labute approximate surface area is 135 Å². The summed E-state index contributed by atoms with van der Waals surface area (Å²) in [4.78, 5) is 15.5. The molecule has 0 saturated heterocycles. The second kappa shape index (κ2) is 6.28. The van der Waals surface area contributed by atoms with Gasteiger partial charge in [-0.1, -0.05) is 22.0 Å². The van der Waals surface area contributed by atoms with E-state index in [0.29, 0.717) is 24.9 Å². The van der Waals surface area contributed by atoms with E-state index in [2.05, 4.69) is 27.4 Å². The summed E-state index contributed by atoms with van der Waals surface area (Å²) in [5.74, 6) is -0.148. The number of halogens is 2. The van der Waals surface area contributed by atoms with E-state index in [0.717, 1.165) is 17.4 Å². The van der Waals surface area contributed by atoms with Crippen LogP contribution in [0.2, 0.25) is 0 Å². The van der Waals surface area contributed by atoms with Crippen molar-refractivity contribution in [3.8, 4) is 0 Å². The first-order valence-electron chi connectivity index (χ1n) is 6.90. The van der Waals surface area contributed by atoms with Crippen molar-refractivity contribution in [1.29, 1.82) is 0 Å². The molecule has 1 aromatic heterocycles. The van der Waals surface area contributed by atoms with E-state index < -0.39 is 0 Å². The zero-order valence-electron chi connectivity index (χ0n) is 11.4. The Balaban J connectivity index is 1.60. The minimum atomic E-state index is -0.254. The van der Waals surface area contributed by atoms with Crippen molar-refractivity contribution in [1.82, 2.24) is 4.90 Å². The Morgan fingerprint density at radius 1 is 1.38 bits per heavy atom. The molecule has 0 N–H and O–H groups in total. The van der Waals surface area contributed by atoms with Gasteiger partial charge in [-0.05, 0) is 47.5 Å². The molecule has 1 amide bonds. The summed E-state index contributed by atoms with van der Waals surface area (Å²) in [6.07, 6.45) is 1.74. The van der Waals surface area contributed by atoms with Crippen molar-refractivity contribution in [2.45, 2.75) is 25.8 Å². The lowest BCUT2D eigenvalue weighted by Gasteiger charge is -2.27. The molecule has 2 heterocycles. The number of carbonyl (C=O) groups excluding carboxylic acids is 1. The number of nitrogens with zero attached hydrogens (tertiary/aromatic N) is 1. The predicted octanol–water partition coefficient (Wildman–Crippen LogP) is 4.17. The molecule has 0 bridgehead atoms. The predicted molar refractivity (Wildman–Crippen MR) is 85.9 cm³/mol. The minimum absolute atomic E-state index is 0.106. The number of hydrogen-bond acceptors (Lipinski definition) is 2. The van der Waals surface area contributed by atoms with Gasteiger partial charge in [0.2, 0.25) is 5.91 Å². The number of thiophene rings is 1. The van der Waals surface area contributed by atoms with Gasteiger partial charge in [-0.25, -0.2) is 4.39 Å². The Hall–Kier alpha value is -1.20. The van der Waals surface area contributed by atoms with Crippen LogP contribution in [0, 0.1) is 5.82 Å². The van der Waals surface area contributed by atoms with Gasteiger partial charge in [0, 0.05) is 28.9 Å². The zero-order valence-corrected chi connectivity index (χ0v) is 13.8. The molecule has 0 aliphatic carbocycles. The van der Waals surface area contributed by atoms with Crippen LogP contribution in [-0.4, -0.2) is 17.4 Å². The lowest BCUT2D eigenvalue weighted by Crippen LogP contribution is -2.35. The molecule has 110 valence electrons. The Bertz CT molecular complexity index is 670. The third-order valence-electron chi connectivity index (χ3n) is 3.78. The van der Waals surface area contributed by atoms with Gasteiger partial charge >= 0.3 is 0 Å². The van der Waals surface area contributed by atoms with Crippen LogP contribution >= 0.6 is 27.3 Å². The van der Waals surface area contributed by atoms with Crippen molar-refractivity contribution in [2.75, 3.05) is 6.54 Å². The average molecular weight is 368 g/mol. The Morgan fingerprint density at radius 3 is 3.05 bits per heavy atom. The first-order chi connectivity index (χ1) is 10.1. The van der Waals surface area contributed by atoms with Gasteiger partial charge in [0.05, 0.1) is 0 Å². The van der Waals surface area contributed by atoms with Gasteiger partial charge < -0.3 is 4.90 Å². The molecule has 2 nitrogen and oxygen atoms in total. The molecule has 2 aromatic rings. The van der Waals surface area contributed by atoms with Crippen LogP contribution in [0.1, 0.15) is 22.4 Å². The first kappa shape index (κ1) is 14.7. The van der Waals surface area contributed by atoms with Crippen LogP contribution in [-0.2, 0) is 24.2 Å². The molecule has 0 spiro atoms. The highest BCUT2D eigenvalue weighted by atomic mass is 79.9. The third kappa shape index (κ3) is 3.35. The summed E-state index contributed by atoms with van der Waals surface area (Å²) in [5, 5.41) is 2.08. The fraction of sp³-hybridized carbons (Fsp3) is 0.312. The number of rotatable bonds is 3. The number of benzene rings is 1. The largest absolute Gasteiger partial charge is 0.338 e. The maximum atomic E-state index is 13.7. The van der Waals surface area contributed by atoms with E-state index >= 15 is 0 Å². The molecule has 0 saturated carbocycles. The summed E-state index contributed by atoms with van der Waals surface area (Å²) in [7, 11) is 0. The fourth-order valence-corrected chi connectivity index (χ4v) is 3.81. The van der Waals surface area contributed by atoms with Crippen molar-refractivity contribution >= 4 is 33.2 Å². The minimum Gasteiger partial charge on any atom is -0.338 e. The number of carbonyl (C=O) groups is 1. The molecule has 1 aromatic carbocycles. The van der Waals surface area contributed by atoms with Crippen LogP contribution in [0.3, 0.4) is 0 Å². The molecule has 0 unspecified atom stereocenters. The van der Waals surface area contributed by atoms with Crippen molar-refractivity contribution in [3.63, 3.8) is 0 Å². The monoisotopic (exact) mass is 367 g/mol. The van der Waals surface area contributed by atoms with Crippen LogP contribution in [0.25, 0.3) is 0 Å². The van der Waals surface area contributed by atoms with E-state index in [4.69, 9.17) is 0 Å². The molecule has 0 radical (unpaired) electrons. The zero-order chi connectivity index (χ0) is 14.8. The number of aryl methyl sites for hydroxylation is 1. The van der Waals surface area contributed by atoms with E-state index in [9.17, 15) is 9.18 Å². The van der Waals surface area contributed by atoms with Crippen LogP contribution in [0.5, 0.6) is 0 Å². The van der Waals surface area contributed by atoms with Gasteiger partial charge in [0.1, 0.15) is 5.82 Å². The highest BCUT2D eigenvalue weighted by molar-refractivity contribution is 9.10. The highest BCUT2D eigenvalue weighted by Gasteiger charge is 2.21. The summed E-state index contributed by atoms with van der Waals surface area (Å²) < 4.78 is 14.5. The molecule has 1 aliphatic rings. The van der Waals surface area contributed by atoms with Crippen molar-refractivity contribution in [3.05, 3.63) is 55.9 Å². The van der Waals surface area contributed by atoms with Crippen LogP contribution in [0.15, 0.2) is 34.1 Å². The van der Waals surface area contributed by atoms with Gasteiger partial charge in [-0.3, -0.25) is 4.79 Å². The first-order valence-corrected chi connectivity index (χ1v) is 8.57. The number of hydrogen-bond donors (Lipinski definition) is 0. The number of fused-ring (bicyclic) bond motifs is 1. The van der Waals surface area contributed by atoms with Crippen LogP contribution in [0.4, 0.5) is 4.39 Å². The molecule has 0 fully saturated rings. The van der Waals surface area contributed by atoms with Crippen molar-refractivity contribution < 1.29 is 9.18 Å². The van der Waals surface area contributed by atoms with Crippen LogP contribution < -0.4 is 0 Å². The molecule has 0 atom stereocenters. The lowest BCUT2D eigenvalue weighted by atomic mass is 10.1. The maximum Gasteiger partial charge on any atom is 0.223 e. The molecule has 1 aliphatic heterocycles. The summed E-state index contributed by atoms with van der Waals surface area (Å²) >= 11 is 5.00. The lowest BCUT2D eigenvalue weighted by molar-refractivity contribution is -0.132. The summed E-state index contributed by atoms with van der Waals surface area (Å²) in [6.45, 7) is 1.47. The smallest absolute Gasteiger partial charge is 0.223 e. The molecule has 3 rings (SSSR count). The maximum absolute atomic E-state index is 13.7. The number of amides is 1. The van der Waals surface area contributed by atoms with E-state index in [1.54, 1.807) is 23.5 Å². The van der Waals surface area contributed by atoms with Gasteiger partial charge in [-0.2, -0.15) is 0 Å². The second-order valence-corrected chi connectivity index (χ2v) is 7.09.